The Kier molecular flexibility index (Phi) is 8.28. The van der Waals surface area contributed by atoms with Crippen molar-refractivity contribution in [1.29, 1.82) is 0 Å². The van der Waals surface area contributed by atoms with E-state index in [4.69, 9.17) is 0 Å². The molecule has 0 heterocycles. The van der Waals surface area contributed by atoms with Gasteiger partial charge in [-0.25, -0.2) is 0 Å². The second-order valence-corrected chi connectivity index (χ2v) is 5.89. The van der Waals surface area contributed by atoms with Crippen LogP contribution in [0, 0.1) is 0 Å². The molecule has 0 aromatic carbocycles. The van der Waals surface area contributed by atoms with Crippen LogP contribution in [0.5, 0.6) is 0 Å². The highest BCUT2D eigenvalue weighted by Gasteiger charge is 2.27. The summed E-state index contributed by atoms with van der Waals surface area (Å²) in [5.41, 5.74) is 0. The summed E-state index contributed by atoms with van der Waals surface area (Å²) < 4.78 is 0. The summed E-state index contributed by atoms with van der Waals surface area (Å²) in [7, 11) is 0. The van der Waals surface area contributed by atoms with Gasteiger partial charge in [0.2, 0.25) is 0 Å². The molecule has 0 saturated carbocycles. The molecule has 15 heavy (non-hydrogen) atoms. The van der Waals surface area contributed by atoms with Gasteiger partial charge in [-0.05, 0) is 0 Å². The van der Waals surface area contributed by atoms with E-state index in [9.17, 15) is 0 Å². The molecule has 0 nitrogen and oxygen atoms in total. The Morgan fingerprint density at radius 2 is 1.33 bits per heavy atom. The van der Waals surface area contributed by atoms with Gasteiger partial charge < -0.3 is 0 Å². The van der Waals surface area contributed by atoms with Gasteiger partial charge in [-0.15, -0.1) is 0 Å². The molecule has 0 bridgehead atoms. The Bertz CT molecular complexity index is 132. The van der Waals surface area contributed by atoms with Crippen molar-refractivity contribution in [2.24, 2.45) is 0 Å². The molecule has 0 fully saturated rings. The predicted octanol–water partition coefficient (Wildman–Crippen LogP) is 5.66. The van der Waals surface area contributed by atoms with Crippen LogP contribution >= 0.6 is 0 Å². The highest BCUT2D eigenvalue weighted by Crippen LogP contribution is 2.33. The summed E-state index contributed by atoms with van der Waals surface area (Å²) in [5.74, 6) is 2.58. The largest absolute Gasteiger partial charge is 0.148 e. The molecule has 0 spiro atoms. The zero-order chi connectivity index (χ0) is 11.8. The summed E-state index contributed by atoms with van der Waals surface area (Å²) in [5, 5.41) is 0. The first-order valence-corrected chi connectivity index (χ1v) is 7.00. The number of hydrogen-bond acceptors (Lipinski definition) is 0. The third kappa shape index (κ3) is 6.27. The third-order valence-electron chi connectivity index (χ3n) is 3.71. The quantitative estimate of drug-likeness (QED) is 0.358. The lowest BCUT2D eigenvalue weighted by atomic mass is 9.29. The lowest BCUT2D eigenvalue weighted by Crippen LogP contribution is -2.26. The van der Waals surface area contributed by atoms with Gasteiger partial charge in [0.1, 0.15) is 6.71 Å². The first-order chi connectivity index (χ1) is 7.00. The minimum Gasteiger partial charge on any atom is -0.0693 e. The Morgan fingerprint density at radius 1 is 0.800 bits per heavy atom. The van der Waals surface area contributed by atoms with Crippen LogP contribution in [0.25, 0.3) is 0 Å². The Labute approximate surface area is 98.3 Å². The molecule has 0 amide bonds. The van der Waals surface area contributed by atoms with Crippen molar-refractivity contribution in [3.8, 4) is 0 Å². The molecule has 1 unspecified atom stereocenters. The summed E-state index contributed by atoms with van der Waals surface area (Å²) >= 11 is 0. The van der Waals surface area contributed by atoms with Crippen molar-refractivity contribution in [3.05, 3.63) is 0 Å². The molecule has 0 aliphatic carbocycles. The maximum atomic E-state index is 2.45. The van der Waals surface area contributed by atoms with Gasteiger partial charge in [0.15, 0.2) is 0 Å². The standard InChI is InChI=1S/C14H31B/c1-7-8-9-10-11-14(6)15(12(2)3)13(4)5/h12-14H,7-11H2,1-6H3. The second kappa shape index (κ2) is 8.24. The highest BCUT2D eigenvalue weighted by molar-refractivity contribution is 6.63. The van der Waals surface area contributed by atoms with Crippen LogP contribution in [0.2, 0.25) is 17.5 Å². The summed E-state index contributed by atoms with van der Waals surface area (Å²) in [6.07, 6.45) is 7.07. The molecular weight excluding hydrogens is 179 g/mol. The lowest BCUT2D eigenvalue weighted by Gasteiger charge is -2.27. The van der Waals surface area contributed by atoms with Gasteiger partial charge in [-0.3, -0.25) is 0 Å². The monoisotopic (exact) mass is 210 g/mol. The van der Waals surface area contributed by atoms with E-state index in [1.54, 1.807) is 0 Å². The molecule has 0 N–H and O–H groups in total. The minimum absolute atomic E-state index is 0.839. The van der Waals surface area contributed by atoms with E-state index in [1.165, 1.54) is 32.1 Å². The summed E-state index contributed by atoms with van der Waals surface area (Å²) in [4.78, 5) is 0. The fraction of sp³-hybridized carbons (Fsp3) is 1.00. The molecule has 1 heteroatoms. The van der Waals surface area contributed by atoms with Crippen LogP contribution in [-0.2, 0) is 0 Å². The summed E-state index contributed by atoms with van der Waals surface area (Å²) in [6.45, 7) is 15.2. The predicted molar refractivity (Wildman–Crippen MR) is 74.1 cm³/mol. The molecule has 0 saturated heterocycles. The van der Waals surface area contributed by atoms with Crippen molar-refractivity contribution < 1.29 is 0 Å². The van der Waals surface area contributed by atoms with Gasteiger partial charge in [0.25, 0.3) is 0 Å². The lowest BCUT2D eigenvalue weighted by molar-refractivity contribution is 0.612. The van der Waals surface area contributed by atoms with E-state index >= 15 is 0 Å². The Hall–Kier alpha value is 0.0649. The van der Waals surface area contributed by atoms with E-state index < -0.39 is 0 Å². The number of hydrogen-bond donors (Lipinski definition) is 0. The Balaban J connectivity index is 3.87. The van der Waals surface area contributed by atoms with E-state index in [1.807, 2.05) is 0 Å². The zero-order valence-corrected chi connectivity index (χ0v) is 11.8. The smallest absolute Gasteiger partial charge is 0.0693 e. The number of rotatable bonds is 8. The van der Waals surface area contributed by atoms with Crippen molar-refractivity contribution >= 4 is 6.71 Å². The summed E-state index contributed by atoms with van der Waals surface area (Å²) in [6, 6.07) is 0. The van der Waals surface area contributed by atoms with Gasteiger partial charge in [0.05, 0.1) is 0 Å². The van der Waals surface area contributed by atoms with E-state index in [-0.39, 0.29) is 0 Å². The fourth-order valence-corrected chi connectivity index (χ4v) is 3.17. The first-order valence-electron chi connectivity index (χ1n) is 7.00. The van der Waals surface area contributed by atoms with E-state index in [0.717, 1.165) is 24.2 Å². The SMILES string of the molecule is CCCCCCC(C)B(C(C)C)C(C)C. The van der Waals surface area contributed by atoms with E-state index in [2.05, 4.69) is 41.5 Å². The average molecular weight is 210 g/mol. The Morgan fingerprint density at radius 3 is 1.73 bits per heavy atom. The van der Waals surface area contributed by atoms with Crippen molar-refractivity contribution in [3.63, 3.8) is 0 Å². The highest BCUT2D eigenvalue weighted by atomic mass is 14.1. The molecule has 0 radical (unpaired) electrons. The molecule has 0 aromatic rings. The van der Waals surface area contributed by atoms with Crippen LogP contribution in [0.3, 0.4) is 0 Å². The molecule has 0 aromatic heterocycles. The van der Waals surface area contributed by atoms with Gasteiger partial charge in [-0.1, -0.05) is 91.1 Å². The van der Waals surface area contributed by atoms with Gasteiger partial charge in [-0.2, -0.15) is 0 Å². The minimum atomic E-state index is 0.839. The van der Waals surface area contributed by atoms with Crippen molar-refractivity contribution in [1.82, 2.24) is 0 Å². The van der Waals surface area contributed by atoms with Gasteiger partial charge in [0, 0.05) is 0 Å². The number of unbranched alkanes of at least 4 members (excludes halogenated alkanes) is 3. The normalized spacial score (nSPS) is 13.6. The molecule has 0 aliphatic rings. The molecule has 0 aliphatic heterocycles. The van der Waals surface area contributed by atoms with Crippen LogP contribution in [0.1, 0.15) is 73.6 Å². The fourth-order valence-electron chi connectivity index (χ4n) is 3.17. The first kappa shape index (κ1) is 15.1. The second-order valence-electron chi connectivity index (χ2n) is 5.89. The molecule has 0 rings (SSSR count). The van der Waals surface area contributed by atoms with Crippen molar-refractivity contribution in [2.75, 3.05) is 0 Å². The maximum absolute atomic E-state index is 2.45. The van der Waals surface area contributed by atoms with E-state index in [0.29, 0.717) is 0 Å². The van der Waals surface area contributed by atoms with Crippen LogP contribution in [0.4, 0.5) is 0 Å². The zero-order valence-electron chi connectivity index (χ0n) is 11.8. The molecule has 1 atom stereocenters. The third-order valence-corrected chi connectivity index (χ3v) is 3.71. The molecular formula is C14H31B. The van der Waals surface area contributed by atoms with Crippen molar-refractivity contribution in [2.45, 2.75) is 91.1 Å². The van der Waals surface area contributed by atoms with Crippen LogP contribution < -0.4 is 0 Å². The molecule has 90 valence electrons. The van der Waals surface area contributed by atoms with Gasteiger partial charge >= 0.3 is 0 Å². The average Bonchev–Trinajstić information content (AvgIpc) is 2.11. The maximum Gasteiger partial charge on any atom is 0.148 e. The topological polar surface area (TPSA) is 0 Å². The van der Waals surface area contributed by atoms with Crippen LogP contribution in [-0.4, -0.2) is 6.71 Å². The van der Waals surface area contributed by atoms with Crippen LogP contribution in [0.15, 0.2) is 0 Å².